The highest BCUT2D eigenvalue weighted by molar-refractivity contribution is 6.78. The van der Waals surface area contributed by atoms with E-state index in [2.05, 4.69) is 39.3 Å². The monoisotopic (exact) mass is 442 g/mol. The molecule has 0 amide bonds. The van der Waals surface area contributed by atoms with Gasteiger partial charge in [-0.2, -0.15) is 0 Å². The fourth-order valence-electron chi connectivity index (χ4n) is 3.48. The second-order valence-corrected chi connectivity index (χ2v) is 16.0. The molecule has 0 aromatic heterocycles. The molecule has 3 nitrogen and oxygen atoms in total. The summed E-state index contributed by atoms with van der Waals surface area (Å²) in [6.07, 6.45) is 21.6. The minimum absolute atomic E-state index is 0.822. The number of hydrogen-bond acceptors (Lipinski definition) is 3. The van der Waals surface area contributed by atoms with Crippen molar-refractivity contribution in [1.29, 1.82) is 0 Å². The largest absolute Gasteiger partial charge is 0.415 e. The van der Waals surface area contributed by atoms with Gasteiger partial charge in [0.25, 0.3) is 0 Å². The van der Waals surface area contributed by atoms with E-state index in [0.717, 1.165) is 38.9 Å². The van der Waals surface area contributed by atoms with Crippen LogP contribution in [0.4, 0.5) is 0 Å². The van der Waals surface area contributed by atoms with Crippen molar-refractivity contribution in [3.05, 3.63) is 25.3 Å². The van der Waals surface area contributed by atoms with E-state index in [0.29, 0.717) is 0 Å². The van der Waals surface area contributed by atoms with Crippen molar-refractivity contribution >= 4 is 17.1 Å². The van der Waals surface area contributed by atoms with E-state index in [-0.39, 0.29) is 0 Å². The van der Waals surface area contributed by atoms with Crippen molar-refractivity contribution in [3.63, 3.8) is 0 Å². The van der Waals surface area contributed by atoms with Gasteiger partial charge in [0.05, 0.1) is 0 Å². The molecule has 0 aromatic carbocycles. The van der Waals surface area contributed by atoms with Crippen LogP contribution < -0.4 is 0 Å². The van der Waals surface area contributed by atoms with Crippen LogP contribution in [-0.4, -0.2) is 30.3 Å². The highest BCUT2D eigenvalue weighted by atomic mass is 28.5. The third-order valence-corrected chi connectivity index (χ3v) is 10.7. The lowest BCUT2D eigenvalue weighted by Gasteiger charge is -2.32. The summed E-state index contributed by atoms with van der Waals surface area (Å²) in [5.74, 6) is 0. The fourth-order valence-corrected chi connectivity index (χ4v) is 9.96. The van der Waals surface area contributed by atoms with Crippen LogP contribution in [0.25, 0.3) is 0 Å². The lowest BCUT2D eigenvalue weighted by molar-refractivity contribution is 0.190. The topological polar surface area (TPSA) is 27.7 Å². The van der Waals surface area contributed by atoms with Gasteiger partial charge in [-0.1, -0.05) is 63.5 Å². The zero-order valence-electron chi connectivity index (χ0n) is 20.1. The summed E-state index contributed by atoms with van der Waals surface area (Å²) in [4.78, 5) is 0. The van der Waals surface area contributed by atoms with Crippen molar-refractivity contribution in [3.8, 4) is 0 Å². The maximum absolute atomic E-state index is 6.38. The molecule has 5 heteroatoms. The Morgan fingerprint density at radius 2 is 0.828 bits per heavy atom. The number of unbranched alkanes of at least 4 members (excludes halogenated alkanes) is 12. The second kappa shape index (κ2) is 18.6. The van der Waals surface area contributed by atoms with Gasteiger partial charge in [-0.3, -0.25) is 0 Å². The molecular weight excluding hydrogens is 392 g/mol. The van der Waals surface area contributed by atoms with Gasteiger partial charge in [0, 0.05) is 13.2 Å². The smallest absolute Gasteiger partial charge is 0.322 e. The molecule has 0 unspecified atom stereocenters. The predicted molar refractivity (Wildman–Crippen MR) is 133 cm³/mol. The zero-order chi connectivity index (χ0) is 21.8. The standard InChI is InChI=1S/C24H50O3Si2/c1-7-9-11-13-15-17-19-21-23-25-28(3,4)27-29(5,6)26-24-22-20-18-16-14-12-10-8-2/h7-8H,1-2,9-24H2,3-6H3. The predicted octanol–water partition coefficient (Wildman–Crippen LogP) is 8.27. The Morgan fingerprint density at radius 1 is 0.517 bits per heavy atom. The van der Waals surface area contributed by atoms with Gasteiger partial charge in [0.2, 0.25) is 0 Å². The first-order valence-electron chi connectivity index (χ1n) is 12.0. The van der Waals surface area contributed by atoms with Crippen molar-refractivity contribution in [2.45, 2.75) is 116 Å². The lowest BCUT2D eigenvalue weighted by Crippen LogP contribution is -2.48. The SMILES string of the molecule is C=CCCCCCCCCO[Si](C)(C)O[Si](C)(C)OCCCCCCCCC=C. The molecule has 0 saturated heterocycles. The molecule has 0 aliphatic carbocycles. The minimum Gasteiger partial charge on any atom is -0.415 e. The van der Waals surface area contributed by atoms with Crippen molar-refractivity contribution < 1.29 is 13.0 Å². The maximum atomic E-state index is 6.38. The quantitative estimate of drug-likeness (QED) is 0.0958. The van der Waals surface area contributed by atoms with E-state index in [4.69, 9.17) is 13.0 Å². The lowest BCUT2D eigenvalue weighted by atomic mass is 10.1. The first-order valence-corrected chi connectivity index (χ1v) is 17.7. The van der Waals surface area contributed by atoms with Crippen LogP contribution in [-0.2, 0) is 13.0 Å². The molecule has 0 atom stereocenters. The molecule has 0 fully saturated rings. The Labute approximate surface area is 184 Å². The summed E-state index contributed by atoms with van der Waals surface area (Å²) >= 11 is 0. The van der Waals surface area contributed by atoms with Gasteiger partial charge in [0.15, 0.2) is 0 Å². The number of rotatable bonds is 22. The van der Waals surface area contributed by atoms with Crippen molar-refractivity contribution in [2.75, 3.05) is 13.2 Å². The number of allylic oxidation sites excluding steroid dienone is 2. The molecule has 0 aliphatic heterocycles. The molecule has 0 radical (unpaired) electrons. The molecule has 0 saturated carbocycles. The molecule has 0 heterocycles. The van der Waals surface area contributed by atoms with Gasteiger partial charge >= 0.3 is 17.1 Å². The first-order chi connectivity index (χ1) is 13.8. The van der Waals surface area contributed by atoms with Crippen LogP contribution in [0.1, 0.15) is 89.9 Å². The van der Waals surface area contributed by atoms with Crippen LogP contribution in [0.15, 0.2) is 25.3 Å². The Kier molecular flexibility index (Phi) is 18.4. The van der Waals surface area contributed by atoms with Crippen LogP contribution in [0.5, 0.6) is 0 Å². The third-order valence-electron chi connectivity index (χ3n) is 5.00. The normalized spacial score (nSPS) is 12.3. The Bertz CT molecular complexity index is 362. The van der Waals surface area contributed by atoms with E-state index in [1.807, 2.05) is 12.2 Å². The summed E-state index contributed by atoms with van der Waals surface area (Å²) in [7, 11) is -4.20. The molecule has 0 spiro atoms. The fraction of sp³-hybridized carbons (Fsp3) is 0.833. The van der Waals surface area contributed by atoms with E-state index >= 15 is 0 Å². The van der Waals surface area contributed by atoms with Gasteiger partial charge < -0.3 is 13.0 Å². The average Bonchev–Trinajstić information content (AvgIpc) is 2.64. The van der Waals surface area contributed by atoms with Crippen molar-refractivity contribution in [2.24, 2.45) is 0 Å². The molecule has 0 bridgehead atoms. The van der Waals surface area contributed by atoms with E-state index in [9.17, 15) is 0 Å². The Hall–Kier alpha value is -0.206. The summed E-state index contributed by atoms with van der Waals surface area (Å²) in [6.45, 7) is 17.8. The summed E-state index contributed by atoms with van der Waals surface area (Å²) < 4.78 is 18.7. The maximum Gasteiger partial charge on any atom is 0.322 e. The van der Waals surface area contributed by atoms with E-state index in [1.165, 1.54) is 64.2 Å². The minimum atomic E-state index is -2.10. The molecule has 0 rings (SSSR count). The number of hydrogen-bond donors (Lipinski definition) is 0. The zero-order valence-corrected chi connectivity index (χ0v) is 22.1. The van der Waals surface area contributed by atoms with E-state index < -0.39 is 17.1 Å². The van der Waals surface area contributed by atoms with Gasteiger partial charge in [-0.15, -0.1) is 13.2 Å². The highest BCUT2D eigenvalue weighted by Crippen LogP contribution is 2.18. The molecule has 0 aromatic rings. The Balaban J connectivity index is 3.71. The highest BCUT2D eigenvalue weighted by Gasteiger charge is 2.36. The van der Waals surface area contributed by atoms with Crippen LogP contribution in [0.3, 0.4) is 0 Å². The molecule has 0 aliphatic rings. The van der Waals surface area contributed by atoms with E-state index in [1.54, 1.807) is 0 Å². The third kappa shape index (κ3) is 20.8. The van der Waals surface area contributed by atoms with Crippen LogP contribution in [0, 0.1) is 0 Å². The molecular formula is C24H50O3Si2. The van der Waals surface area contributed by atoms with Gasteiger partial charge in [-0.25, -0.2) is 0 Å². The average molecular weight is 443 g/mol. The second-order valence-electron chi connectivity index (χ2n) is 9.00. The summed E-state index contributed by atoms with van der Waals surface area (Å²) in [6, 6.07) is 0. The summed E-state index contributed by atoms with van der Waals surface area (Å²) in [5, 5.41) is 0. The van der Waals surface area contributed by atoms with Gasteiger partial charge in [-0.05, 0) is 64.7 Å². The van der Waals surface area contributed by atoms with Crippen LogP contribution in [0.2, 0.25) is 26.2 Å². The van der Waals surface area contributed by atoms with Gasteiger partial charge in [0.1, 0.15) is 0 Å². The summed E-state index contributed by atoms with van der Waals surface area (Å²) in [5.41, 5.74) is 0. The van der Waals surface area contributed by atoms with Crippen LogP contribution >= 0.6 is 0 Å². The molecule has 0 N–H and O–H groups in total. The van der Waals surface area contributed by atoms with Crippen molar-refractivity contribution in [1.82, 2.24) is 0 Å². The molecule has 29 heavy (non-hydrogen) atoms. The molecule has 172 valence electrons. The Morgan fingerprint density at radius 3 is 1.17 bits per heavy atom. The first kappa shape index (κ1) is 28.8.